The fourth-order valence-electron chi connectivity index (χ4n) is 1.04. The zero-order chi connectivity index (χ0) is 10.9. The molecule has 1 heterocycles. The van der Waals surface area contributed by atoms with E-state index in [1.54, 1.807) is 0 Å². The van der Waals surface area contributed by atoms with Crippen molar-refractivity contribution in [2.45, 2.75) is 4.34 Å². The molecule has 0 saturated heterocycles. The quantitative estimate of drug-likeness (QED) is 0.622. The first-order chi connectivity index (χ1) is 7.04. The zero-order valence-electron chi connectivity index (χ0n) is 7.41. The Hall–Kier alpha value is -0.630. The van der Waals surface area contributed by atoms with Crippen LogP contribution in [-0.4, -0.2) is 23.0 Å². The molecular formula is C8H6NO3S3-. The molecule has 0 unspecified atom stereocenters. The number of fused-ring (bicyclic) bond motifs is 1. The lowest BCUT2D eigenvalue weighted by Crippen LogP contribution is -1.99. The van der Waals surface area contributed by atoms with Crippen LogP contribution in [0.1, 0.15) is 0 Å². The van der Waals surface area contributed by atoms with Gasteiger partial charge in [-0.25, -0.2) is 13.4 Å². The lowest BCUT2D eigenvalue weighted by atomic mass is 10.3. The molecule has 1 aromatic carbocycles. The van der Waals surface area contributed by atoms with E-state index in [1.807, 2.05) is 24.3 Å². The maximum absolute atomic E-state index is 10.4. The number of hydrogen-bond acceptors (Lipinski definition) is 6. The summed E-state index contributed by atoms with van der Waals surface area (Å²) in [5.74, 6) is 0. The first-order valence-electron chi connectivity index (χ1n) is 3.96. The molecular weight excluding hydrogens is 254 g/mol. The Morgan fingerprint density at radius 1 is 1.40 bits per heavy atom. The van der Waals surface area contributed by atoms with Crippen LogP contribution in [0.5, 0.6) is 0 Å². The van der Waals surface area contributed by atoms with Gasteiger partial charge in [0.15, 0.2) is 4.34 Å². The van der Waals surface area contributed by atoms with Gasteiger partial charge in [-0.2, -0.15) is 0 Å². The summed E-state index contributed by atoms with van der Waals surface area (Å²) in [7, 11) is -4.18. The van der Waals surface area contributed by atoms with Crippen LogP contribution in [0.2, 0.25) is 0 Å². The van der Waals surface area contributed by atoms with Crippen molar-refractivity contribution in [2.24, 2.45) is 0 Å². The van der Waals surface area contributed by atoms with E-state index in [4.69, 9.17) is 0 Å². The van der Waals surface area contributed by atoms with Crippen LogP contribution in [-0.2, 0) is 10.1 Å². The Morgan fingerprint density at radius 2 is 2.13 bits per heavy atom. The van der Waals surface area contributed by atoms with Gasteiger partial charge in [-0.1, -0.05) is 23.9 Å². The van der Waals surface area contributed by atoms with Crippen LogP contribution in [0.25, 0.3) is 10.2 Å². The van der Waals surface area contributed by atoms with Gasteiger partial charge in [0.05, 0.1) is 15.3 Å². The van der Waals surface area contributed by atoms with Crippen LogP contribution in [0.3, 0.4) is 0 Å². The van der Waals surface area contributed by atoms with Crippen LogP contribution in [0.4, 0.5) is 0 Å². The van der Waals surface area contributed by atoms with Crippen LogP contribution < -0.4 is 0 Å². The van der Waals surface area contributed by atoms with Gasteiger partial charge in [0, 0.05) is 0 Å². The fourth-order valence-corrected chi connectivity index (χ4v) is 3.81. The van der Waals surface area contributed by atoms with E-state index in [0.29, 0.717) is 4.34 Å². The predicted octanol–water partition coefficient (Wildman–Crippen LogP) is 1.89. The van der Waals surface area contributed by atoms with Gasteiger partial charge < -0.3 is 4.55 Å². The fraction of sp³-hybridized carbons (Fsp3) is 0.125. The first kappa shape index (κ1) is 10.9. The largest absolute Gasteiger partial charge is 0.747 e. The van der Waals surface area contributed by atoms with E-state index in [9.17, 15) is 13.0 Å². The number of benzene rings is 1. The summed E-state index contributed by atoms with van der Waals surface area (Å²) in [6.07, 6.45) is 0. The number of hydrogen-bond donors (Lipinski definition) is 0. The Bertz CT molecular complexity index is 543. The third kappa shape index (κ3) is 2.91. The Balaban J connectivity index is 2.23. The normalized spacial score (nSPS) is 12.1. The molecule has 0 spiro atoms. The minimum Gasteiger partial charge on any atom is -0.747 e. The second-order valence-electron chi connectivity index (χ2n) is 2.77. The SMILES string of the molecule is O=S(=O)([O-])CSc1nc2ccccc2s1. The molecule has 2 aromatic rings. The summed E-state index contributed by atoms with van der Waals surface area (Å²) < 4.78 is 32.9. The third-order valence-corrected chi connectivity index (χ3v) is 5.00. The molecule has 15 heavy (non-hydrogen) atoms. The average molecular weight is 260 g/mol. The summed E-state index contributed by atoms with van der Waals surface area (Å²) in [5.41, 5.74) is 0.827. The van der Waals surface area contributed by atoms with E-state index < -0.39 is 15.2 Å². The van der Waals surface area contributed by atoms with Gasteiger partial charge in [0.25, 0.3) is 0 Å². The molecule has 0 N–H and O–H groups in total. The standard InChI is InChI=1S/C8H7NO3S3/c10-15(11,12)5-13-8-9-6-3-1-2-4-7(6)14-8/h1-4H,5H2,(H,10,11,12)/p-1. The van der Waals surface area contributed by atoms with Crippen molar-refractivity contribution in [2.75, 3.05) is 5.08 Å². The molecule has 80 valence electrons. The zero-order valence-corrected chi connectivity index (χ0v) is 9.86. The lowest BCUT2D eigenvalue weighted by Gasteiger charge is -2.02. The second kappa shape index (κ2) is 4.09. The highest BCUT2D eigenvalue weighted by Gasteiger charge is 2.05. The molecule has 0 bridgehead atoms. The van der Waals surface area contributed by atoms with Gasteiger partial charge in [0.1, 0.15) is 10.1 Å². The smallest absolute Gasteiger partial charge is 0.152 e. The molecule has 0 aliphatic heterocycles. The molecule has 0 aliphatic rings. The minimum atomic E-state index is -4.18. The molecule has 4 nitrogen and oxygen atoms in total. The minimum absolute atomic E-state index is 0.465. The van der Waals surface area contributed by atoms with Crippen molar-refractivity contribution < 1.29 is 13.0 Å². The second-order valence-corrected chi connectivity index (χ2v) is 6.79. The van der Waals surface area contributed by atoms with Crippen LogP contribution in [0.15, 0.2) is 28.6 Å². The number of thiazole rings is 1. The number of aromatic nitrogens is 1. The monoisotopic (exact) mass is 260 g/mol. The maximum atomic E-state index is 10.4. The maximum Gasteiger partial charge on any atom is 0.152 e. The Kier molecular flexibility index (Phi) is 2.96. The molecule has 1 aromatic heterocycles. The molecule has 0 amide bonds. The summed E-state index contributed by atoms with van der Waals surface area (Å²) in [4.78, 5) is 4.19. The van der Waals surface area contributed by atoms with Crippen molar-refractivity contribution in [3.8, 4) is 0 Å². The van der Waals surface area contributed by atoms with Crippen molar-refractivity contribution in [1.82, 2.24) is 4.98 Å². The van der Waals surface area contributed by atoms with Gasteiger partial charge in [-0.05, 0) is 12.1 Å². The Labute approximate surface area is 95.1 Å². The predicted molar refractivity (Wildman–Crippen MR) is 60.0 cm³/mol. The van der Waals surface area contributed by atoms with E-state index >= 15 is 0 Å². The van der Waals surface area contributed by atoms with Crippen molar-refractivity contribution >= 4 is 43.4 Å². The van der Waals surface area contributed by atoms with Gasteiger partial charge in [-0.15, -0.1) is 11.3 Å². The highest BCUT2D eigenvalue weighted by Crippen LogP contribution is 2.29. The Morgan fingerprint density at radius 3 is 2.80 bits per heavy atom. The lowest BCUT2D eigenvalue weighted by molar-refractivity contribution is 0.468. The first-order valence-corrected chi connectivity index (χ1v) is 7.34. The van der Waals surface area contributed by atoms with E-state index in [-0.39, 0.29) is 0 Å². The van der Waals surface area contributed by atoms with Gasteiger partial charge >= 0.3 is 0 Å². The summed E-state index contributed by atoms with van der Waals surface area (Å²) in [6, 6.07) is 7.50. The molecule has 0 radical (unpaired) electrons. The summed E-state index contributed by atoms with van der Waals surface area (Å²) in [6.45, 7) is 0. The number of thioether (sulfide) groups is 1. The molecule has 0 aliphatic carbocycles. The van der Waals surface area contributed by atoms with E-state index in [1.165, 1.54) is 11.3 Å². The van der Waals surface area contributed by atoms with Crippen LogP contribution >= 0.6 is 23.1 Å². The topological polar surface area (TPSA) is 70.1 Å². The van der Waals surface area contributed by atoms with Gasteiger partial charge in [-0.3, -0.25) is 0 Å². The summed E-state index contributed by atoms with van der Waals surface area (Å²) in [5, 5.41) is -0.465. The molecule has 0 fully saturated rings. The number of rotatable bonds is 3. The third-order valence-electron chi connectivity index (χ3n) is 1.60. The van der Waals surface area contributed by atoms with Crippen LogP contribution in [0, 0.1) is 0 Å². The molecule has 7 heteroatoms. The van der Waals surface area contributed by atoms with E-state index in [2.05, 4.69) is 4.98 Å². The van der Waals surface area contributed by atoms with Crippen molar-refractivity contribution in [3.63, 3.8) is 0 Å². The number of para-hydroxylation sites is 1. The van der Waals surface area contributed by atoms with E-state index in [0.717, 1.165) is 22.0 Å². The average Bonchev–Trinajstić information content (AvgIpc) is 2.56. The van der Waals surface area contributed by atoms with Crippen molar-refractivity contribution in [1.29, 1.82) is 0 Å². The van der Waals surface area contributed by atoms with Crippen molar-refractivity contribution in [3.05, 3.63) is 24.3 Å². The number of nitrogens with zero attached hydrogens (tertiary/aromatic N) is 1. The molecule has 2 rings (SSSR count). The summed E-state index contributed by atoms with van der Waals surface area (Å²) >= 11 is 2.35. The highest BCUT2D eigenvalue weighted by molar-refractivity contribution is 8.11. The van der Waals surface area contributed by atoms with Gasteiger partial charge in [0.2, 0.25) is 0 Å². The molecule has 0 atom stereocenters. The highest BCUT2D eigenvalue weighted by atomic mass is 32.3. The molecule has 0 saturated carbocycles.